The van der Waals surface area contributed by atoms with Gasteiger partial charge in [0, 0.05) is 0 Å². The highest BCUT2D eigenvalue weighted by Gasteiger charge is 2.45. The Morgan fingerprint density at radius 3 is 2.03 bits per heavy atom. The van der Waals surface area contributed by atoms with Crippen molar-refractivity contribution < 1.29 is 53.0 Å². The first-order chi connectivity index (χ1) is 18.0. The predicted octanol–water partition coefficient (Wildman–Crippen LogP) is 2.47. The van der Waals surface area contributed by atoms with Crippen molar-refractivity contribution in [2.24, 2.45) is 0 Å². The van der Waals surface area contributed by atoms with Crippen molar-refractivity contribution in [1.82, 2.24) is 5.32 Å². The van der Waals surface area contributed by atoms with Crippen molar-refractivity contribution >= 4 is 5.91 Å². The summed E-state index contributed by atoms with van der Waals surface area (Å²) in [5, 5.41) is 51.0. The molecule has 0 aromatic rings. The minimum Gasteiger partial charge on any atom is -0.394 e. The van der Waals surface area contributed by atoms with Crippen LogP contribution in [-0.4, -0.2) is 93.7 Å². The zero-order valence-corrected chi connectivity index (χ0v) is 22.2. The average molecular weight is 558 g/mol. The maximum absolute atomic E-state index is 12.8. The number of allylic oxidation sites excluding steroid dienone is 1. The number of ether oxygens (including phenoxy) is 2. The van der Waals surface area contributed by atoms with E-state index in [0.717, 1.165) is 25.7 Å². The Hall–Kier alpha value is -1.28. The van der Waals surface area contributed by atoms with Gasteiger partial charge in [-0.05, 0) is 12.8 Å². The number of carbonyl (C=O) groups excluding carboxylic acids is 1. The highest BCUT2D eigenvalue weighted by atomic mass is 19.4. The molecule has 0 spiro atoms. The normalized spacial score (nSPS) is 26.0. The lowest BCUT2D eigenvalue weighted by atomic mass is 9.99. The molecule has 0 saturated carbocycles. The van der Waals surface area contributed by atoms with Gasteiger partial charge in [-0.1, -0.05) is 83.3 Å². The number of aliphatic hydroxyl groups is 5. The van der Waals surface area contributed by atoms with E-state index in [0.29, 0.717) is 6.42 Å². The third-order valence-corrected chi connectivity index (χ3v) is 6.58. The Balaban J connectivity index is 2.49. The Kier molecular flexibility index (Phi) is 17.3. The molecule has 9 nitrogen and oxygen atoms in total. The number of rotatable bonds is 19. The SMILES string of the molecule is CCCCCCCCCCCCCC=CC(O)C(COC1O[C@H](CO)[C@@H](O)[C@H](O)[C@H]1O)NC(=O)C(F)(F)F. The maximum Gasteiger partial charge on any atom is 0.471 e. The number of nitrogens with one attached hydrogen (secondary N) is 1. The van der Waals surface area contributed by atoms with Crippen LogP contribution in [0.25, 0.3) is 0 Å². The molecule has 0 radical (unpaired) electrons. The maximum atomic E-state index is 12.8. The van der Waals surface area contributed by atoms with Crippen LogP contribution in [-0.2, 0) is 14.3 Å². The fourth-order valence-corrected chi connectivity index (χ4v) is 4.18. The van der Waals surface area contributed by atoms with Gasteiger partial charge in [-0.3, -0.25) is 4.79 Å². The predicted molar refractivity (Wildman–Crippen MR) is 134 cm³/mol. The largest absolute Gasteiger partial charge is 0.471 e. The minimum absolute atomic E-state index is 0.599. The Bertz CT molecular complexity index is 665. The monoisotopic (exact) mass is 557 g/mol. The molecule has 0 bridgehead atoms. The molecular weight excluding hydrogens is 511 g/mol. The molecule has 6 N–H and O–H groups in total. The second kappa shape index (κ2) is 18.9. The molecule has 1 saturated heterocycles. The van der Waals surface area contributed by atoms with Gasteiger partial charge in [0.2, 0.25) is 0 Å². The van der Waals surface area contributed by atoms with Crippen molar-refractivity contribution in [2.75, 3.05) is 13.2 Å². The number of amides is 1. The van der Waals surface area contributed by atoms with E-state index in [2.05, 4.69) is 6.92 Å². The zero-order valence-electron chi connectivity index (χ0n) is 22.2. The summed E-state index contributed by atoms with van der Waals surface area (Å²) < 4.78 is 48.7. The number of hydrogen-bond donors (Lipinski definition) is 6. The fraction of sp³-hybridized carbons (Fsp3) is 0.885. The zero-order chi connectivity index (χ0) is 28.6. The first kappa shape index (κ1) is 34.7. The van der Waals surface area contributed by atoms with Gasteiger partial charge in [-0.15, -0.1) is 0 Å². The number of hydrogen-bond acceptors (Lipinski definition) is 8. The number of alkyl halides is 3. The van der Waals surface area contributed by atoms with E-state index in [1.54, 1.807) is 11.4 Å². The van der Waals surface area contributed by atoms with E-state index in [1.165, 1.54) is 51.0 Å². The van der Waals surface area contributed by atoms with Crippen LogP contribution in [0.5, 0.6) is 0 Å². The molecule has 0 aromatic heterocycles. The molecule has 1 fully saturated rings. The lowest BCUT2D eigenvalue weighted by molar-refractivity contribution is -0.302. The van der Waals surface area contributed by atoms with Crippen molar-refractivity contribution in [1.29, 1.82) is 0 Å². The fourth-order valence-electron chi connectivity index (χ4n) is 4.18. The lowest BCUT2D eigenvalue weighted by Gasteiger charge is -2.40. The second-order valence-corrected chi connectivity index (χ2v) is 9.85. The van der Waals surface area contributed by atoms with Gasteiger partial charge in [0.05, 0.1) is 25.4 Å². The summed E-state index contributed by atoms with van der Waals surface area (Å²) in [5.41, 5.74) is 0. The Morgan fingerprint density at radius 1 is 0.947 bits per heavy atom. The number of carbonyl (C=O) groups is 1. The van der Waals surface area contributed by atoms with Gasteiger partial charge < -0.3 is 40.3 Å². The summed E-state index contributed by atoms with van der Waals surface area (Å²) in [5.74, 6) is -2.28. The summed E-state index contributed by atoms with van der Waals surface area (Å²) >= 11 is 0. The molecule has 224 valence electrons. The molecule has 38 heavy (non-hydrogen) atoms. The van der Waals surface area contributed by atoms with Crippen LogP contribution >= 0.6 is 0 Å². The van der Waals surface area contributed by atoms with Crippen LogP contribution in [0, 0.1) is 0 Å². The molecule has 0 aromatic carbocycles. The number of unbranched alkanes of at least 4 members (excludes halogenated alkanes) is 11. The third-order valence-electron chi connectivity index (χ3n) is 6.58. The average Bonchev–Trinajstić information content (AvgIpc) is 2.87. The van der Waals surface area contributed by atoms with E-state index in [4.69, 9.17) is 9.47 Å². The summed E-state index contributed by atoms with van der Waals surface area (Å²) in [7, 11) is 0. The van der Waals surface area contributed by atoms with Crippen LogP contribution in [0.15, 0.2) is 12.2 Å². The van der Waals surface area contributed by atoms with Crippen LogP contribution in [0.2, 0.25) is 0 Å². The first-order valence-electron chi connectivity index (χ1n) is 13.7. The Labute approximate surface area is 223 Å². The molecule has 1 aliphatic rings. The molecule has 1 rings (SSSR count). The molecule has 3 unspecified atom stereocenters. The van der Waals surface area contributed by atoms with Crippen molar-refractivity contribution in [2.45, 2.75) is 133 Å². The van der Waals surface area contributed by atoms with Gasteiger partial charge in [-0.2, -0.15) is 13.2 Å². The molecule has 1 amide bonds. The molecule has 1 heterocycles. The molecule has 7 atom stereocenters. The van der Waals surface area contributed by atoms with E-state index < -0.39 is 68.1 Å². The smallest absolute Gasteiger partial charge is 0.394 e. The van der Waals surface area contributed by atoms with Crippen molar-refractivity contribution in [3.63, 3.8) is 0 Å². The first-order valence-corrected chi connectivity index (χ1v) is 13.7. The van der Waals surface area contributed by atoms with Gasteiger partial charge in [-0.25, -0.2) is 0 Å². The van der Waals surface area contributed by atoms with Gasteiger partial charge in [0.1, 0.15) is 24.4 Å². The minimum atomic E-state index is -5.19. The van der Waals surface area contributed by atoms with Crippen LogP contribution in [0.4, 0.5) is 13.2 Å². The standard InChI is InChI=1S/C26H46F3NO8/c1-2-3-4-5-6-7-8-9-10-11-12-13-14-15-19(32)18(30-25(36)26(27,28)29)17-37-24-23(35)22(34)21(33)20(16-31)38-24/h14-15,18-24,31-35H,2-13,16-17H2,1H3,(H,30,36)/t18?,19?,20-,21-,22+,23-,24?/m1/s1. The molecule has 1 aliphatic heterocycles. The third kappa shape index (κ3) is 13.2. The number of halogens is 3. The molecule has 0 aliphatic carbocycles. The summed E-state index contributed by atoms with van der Waals surface area (Å²) in [6.07, 6.45) is 1.62. The molecular formula is C26H46F3NO8. The summed E-state index contributed by atoms with van der Waals surface area (Å²) in [6.45, 7) is 0.764. The lowest BCUT2D eigenvalue weighted by Crippen LogP contribution is -2.60. The van der Waals surface area contributed by atoms with Crippen molar-refractivity contribution in [3.05, 3.63) is 12.2 Å². The highest BCUT2D eigenvalue weighted by molar-refractivity contribution is 5.82. The summed E-state index contributed by atoms with van der Waals surface area (Å²) in [6, 6.07) is -1.55. The van der Waals surface area contributed by atoms with Crippen LogP contribution in [0.1, 0.15) is 84.0 Å². The second-order valence-electron chi connectivity index (χ2n) is 9.85. The highest BCUT2D eigenvalue weighted by Crippen LogP contribution is 2.23. The molecule has 12 heteroatoms. The van der Waals surface area contributed by atoms with E-state index in [-0.39, 0.29) is 0 Å². The Morgan fingerprint density at radius 2 is 1.50 bits per heavy atom. The van der Waals surface area contributed by atoms with Crippen molar-refractivity contribution in [3.8, 4) is 0 Å². The van der Waals surface area contributed by atoms with Gasteiger partial charge in [0.15, 0.2) is 6.29 Å². The van der Waals surface area contributed by atoms with Gasteiger partial charge in [0.25, 0.3) is 0 Å². The van der Waals surface area contributed by atoms with E-state index in [9.17, 15) is 43.5 Å². The summed E-state index contributed by atoms with van der Waals surface area (Å²) in [4.78, 5) is 11.5. The van der Waals surface area contributed by atoms with Gasteiger partial charge >= 0.3 is 12.1 Å². The van der Waals surface area contributed by atoms with Crippen LogP contribution in [0.3, 0.4) is 0 Å². The topological polar surface area (TPSA) is 149 Å². The quantitative estimate of drug-likeness (QED) is 0.105. The van der Waals surface area contributed by atoms with E-state index in [1.807, 2.05) is 0 Å². The van der Waals surface area contributed by atoms with Crippen LogP contribution < -0.4 is 5.32 Å². The van der Waals surface area contributed by atoms with E-state index >= 15 is 0 Å². The number of aliphatic hydroxyl groups excluding tert-OH is 5.